The van der Waals surface area contributed by atoms with Crippen molar-refractivity contribution in [1.82, 2.24) is 5.32 Å². The van der Waals surface area contributed by atoms with E-state index in [4.69, 9.17) is 4.74 Å². The minimum Gasteiger partial charge on any atom is -0.492 e. The van der Waals surface area contributed by atoms with Gasteiger partial charge in [0.05, 0.1) is 23.4 Å². The highest BCUT2D eigenvalue weighted by Crippen LogP contribution is 2.22. The number of rotatable bonds is 9. The van der Waals surface area contributed by atoms with Gasteiger partial charge in [-0.05, 0) is 18.2 Å². The molecular weight excluding hydrogens is 374 g/mol. The van der Waals surface area contributed by atoms with Crippen LogP contribution in [0.4, 0.5) is 11.4 Å². The number of nitro benzene ring substituents is 1. The lowest BCUT2D eigenvalue weighted by molar-refractivity contribution is -0.384. The molecule has 0 aliphatic heterocycles. The molecule has 0 saturated carbocycles. The maximum atomic E-state index is 12.1. The molecule has 0 spiro atoms. The Morgan fingerprint density at radius 1 is 1.19 bits per heavy atom. The van der Waals surface area contributed by atoms with Crippen LogP contribution >= 0.6 is 0 Å². The van der Waals surface area contributed by atoms with Crippen LogP contribution in [0.15, 0.2) is 54.6 Å². The predicted octanol–water partition coefficient (Wildman–Crippen LogP) is 1.56. The van der Waals surface area contributed by atoms with Crippen LogP contribution < -0.4 is 14.4 Å². The molecule has 2 aromatic rings. The van der Waals surface area contributed by atoms with Gasteiger partial charge in [0.2, 0.25) is 15.9 Å². The Kier molecular flexibility index (Phi) is 6.72. The maximum Gasteiger partial charge on any atom is 0.271 e. The number of nitrogens with zero attached hydrogens (tertiary/aromatic N) is 2. The van der Waals surface area contributed by atoms with Crippen LogP contribution in [-0.2, 0) is 14.8 Å². The summed E-state index contributed by atoms with van der Waals surface area (Å²) < 4.78 is 30.3. The zero-order chi connectivity index (χ0) is 19.9. The highest BCUT2D eigenvalue weighted by atomic mass is 32.2. The first-order chi connectivity index (χ1) is 12.8. The monoisotopic (exact) mass is 393 g/mol. The van der Waals surface area contributed by atoms with Crippen LogP contribution in [0.5, 0.6) is 5.75 Å². The Morgan fingerprint density at radius 2 is 1.89 bits per heavy atom. The molecule has 0 radical (unpaired) electrons. The average Bonchev–Trinajstić information content (AvgIpc) is 2.63. The Hall–Kier alpha value is -3.14. The molecule has 144 valence electrons. The number of hydrogen-bond donors (Lipinski definition) is 1. The number of carbonyl (C=O) groups is 1. The molecule has 2 rings (SSSR count). The summed E-state index contributed by atoms with van der Waals surface area (Å²) in [5, 5.41) is 13.4. The van der Waals surface area contributed by atoms with Crippen molar-refractivity contribution in [3.05, 3.63) is 64.7 Å². The van der Waals surface area contributed by atoms with E-state index in [0.29, 0.717) is 5.75 Å². The first-order valence-electron chi connectivity index (χ1n) is 7.94. The molecule has 9 nitrogen and oxygen atoms in total. The number of anilines is 1. The van der Waals surface area contributed by atoms with Crippen LogP contribution in [0.2, 0.25) is 0 Å². The molecule has 10 heteroatoms. The number of ether oxygens (including phenoxy) is 1. The summed E-state index contributed by atoms with van der Waals surface area (Å²) in [6.07, 6.45) is 0.928. The second kappa shape index (κ2) is 8.99. The molecule has 0 aromatic heterocycles. The van der Waals surface area contributed by atoms with E-state index in [0.717, 1.165) is 16.6 Å². The molecule has 0 unspecified atom stereocenters. The lowest BCUT2D eigenvalue weighted by Crippen LogP contribution is -2.41. The van der Waals surface area contributed by atoms with Gasteiger partial charge in [-0.25, -0.2) is 8.42 Å². The normalized spacial score (nSPS) is 10.9. The van der Waals surface area contributed by atoms with E-state index in [-0.39, 0.29) is 24.5 Å². The van der Waals surface area contributed by atoms with Crippen LogP contribution in [0.3, 0.4) is 0 Å². The Morgan fingerprint density at radius 3 is 2.52 bits per heavy atom. The largest absolute Gasteiger partial charge is 0.492 e. The van der Waals surface area contributed by atoms with Crippen molar-refractivity contribution in [3.8, 4) is 5.75 Å². The molecule has 0 bridgehead atoms. The second-order valence-corrected chi connectivity index (χ2v) is 7.46. The van der Waals surface area contributed by atoms with Crippen molar-refractivity contribution in [3.63, 3.8) is 0 Å². The predicted molar refractivity (Wildman–Crippen MR) is 100 cm³/mol. The van der Waals surface area contributed by atoms with Crippen molar-refractivity contribution in [2.45, 2.75) is 0 Å². The molecule has 1 amide bonds. The average molecular weight is 393 g/mol. The lowest BCUT2D eigenvalue weighted by atomic mass is 10.3. The number of para-hydroxylation sites is 1. The van der Waals surface area contributed by atoms with Gasteiger partial charge >= 0.3 is 0 Å². The van der Waals surface area contributed by atoms with Gasteiger partial charge in [0, 0.05) is 12.1 Å². The number of sulfonamides is 1. The third kappa shape index (κ3) is 6.26. The van der Waals surface area contributed by atoms with Crippen LogP contribution in [-0.4, -0.2) is 45.2 Å². The number of hydrogen-bond acceptors (Lipinski definition) is 6. The van der Waals surface area contributed by atoms with Gasteiger partial charge in [-0.1, -0.05) is 24.3 Å². The van der Waals surface area contributed by atoms with E-state index in [9.17, 15) is 23.3 Å². The summed E-state index contributed by atoms with van der Waals surface area (Å²) in [5.74, 6) is 0.102. The molecule has 0 heterocycles. The first-order valence-corrected chi connectivity index (χ1v) is 9.79. The molecule has 0 aliphatic rings. The van der Waals surface area contributed by atoms with Crippen LogP contribution in [0.25, 0.3) is 0 Å². The van der Waals surface area contributed by atoms with Crippen molar-refractivity contribution >= 4 is 27.3 Å². The molecule has 1 N–H and O–H groups in total. The van der Waals surface area contributed by atoms with E-state index in [1.165, 1.54) is 18.2 Å². The number of nitro groups is 1. The van der Waals surface area contributed by atoms with E-state index < -0.39 is 27.4 Å². The molecule has 0 aliphatic carbocycles. The molecule has 0 atom stereocenters. The van der Waals surface area contributed by atoms with Gasteiger partial charge in [-0.2, -0.15) is 0 Å². The Labute approximate surface area is 156 Å². The zero-order valence-electron chi connectivity index (χ0n) is 14.6. The maximum absolute atomic E-state index is 12.1. The number of carbonyl (C=O) groups excluding carboxylic acids is 1. The quantitative estimate of drug-likeness (QED) is 0.392. The van der Waals surface area contributed by atoms with Crippen molar-refractivity contribution in [2.24, 2.45) is 0 Å². The van der Waals surface area contributed by atoms with Crippen molar-refractivity contribution in [2.75, 3.05) is 30.3 Å². The zero-order valence-corrected chi connectivity index (χ0v) is 15.4. The van der Waals surface area contributed by atoms with Gasteiger partial charge in [-0.15, -0.1) is 0 Å². The lowest BCUT2D eigenvalue weighted by Gasteiger charge is -2.21. The van der Waals surface area contributed by atoms with E-state index >= 15 is 0 Å². The smallest absolute Gasteiger partial charge is 0.271 e. The number of nitrogens with one attached hydrogen (secondary N) is 1. The highest BCUT2D eigenvalue weighted by molar-refractivity contribution is 7.92. The van der Waals surface area contributed by atoms with Crippen molar-refractivity contribution in [1.29, 1.82) is 0 Å². The molecule has 2 aromatic carbocycles. The Balaban J connectivity index is 1.96. The topological polar surface area (TPSA) is 119 Å². The minimum absolute atomic E-state index is 0.0439. The van der Waals surface area contributed by atoms with Crippen molar-refractivity contribution < 1.29 is 22.9 Å². The highest BCUT2D eigenvalue weighted by Gasteiger charge is 2.22. The fraction of sp³-hybridized carbons (Fsp3) is 0.235. The molecule has 0 fully saturated rings. The fourth-order valence-corrected chi connectivity index (χ4v) is 3.07. The number of amides is 1. The van der Waals surface area contributed by atoms with E-state index in [1.54, 1.807) is 12.1 Å². The number of non-ortho nitro benzene ring substituents is 1. The summed E-state index contributed by atoms with van der Waals surface area (Å²) in [6.45, 7) is -0.100. The van der Waals surface area contributed by atoms with Gasteiger partial charge in [0.25, 0.3) is 5.69 Å². The standard InChI is InChI=1S/C17H19N3O6S/c1-27(24,25)19(14-6-5-7-15(12-14)20(22)23)13-17(21)18-10-11-26-16-8-3-2-4-9-16/h2-9,12H,10-11,13H2,1H3,(H,18,21). The van der Waals surface area contributed by atoms with Crippen LogP contribution in [0, 0.1) is 10.1 Å². The van der Waals surface area contributed by atoms with Crippen LogP contribution in [0.1, 0.15) is 0 Å². The minimum atomic E-state index is -3.81. The summed E-state index contributed by atoms with van der Waals surface area (Å²) >= 11 is 0. The summed E-state index contributed by atoms with van der Waals surface area (Å²) in [7, 11) is -3.81. The second-order valence-electron chi connectivity index (χ2n) is 5.56. The van der Waals surface area contributed by atoms with Gasteiger partial charge in [-0.3, -0.25) is 19.2 Å². The first kappa shape index (κ1) is 20.2. The Bertz CT molecular complexity index is 902. The summed E-state index contributed by atoms with van der Waals surface area (Å²) in [4.78, 5) is 22.3. The van der Waals surface area contributed by atoms with Gasteiger partial charge < -0.3 is 10.1 Å². The molecule has 27 heavy (non-hydrogen) atoms. The van der Waals surface area contributed by atoms with E-state index in [1.807, 2.05) is 18.2 Å². The fourth-order valence-electron chi connectivity index (χ4n) is 2.22. The summed E-state index contributed by atoms with van der Waals surface area (Å²) in [5.41, 5.74) is -0.222. The third-order valence-corrected chi connectivity index (χ3v) is 4.59. The molecule has 0 saturated heterocycles. The number of benzene rings is 2. The van der Waals surface area contributed by atoms with Gasteiger partial charge in [0.15, 0.2) is 0 Å². The SMILES string of the molecule is CS(=O)(=O)N(CC(=O)NCCOc1ccccc1)c1cccc([N+](=O)[O-])c1. The van der Waals surface area contributed by atoms with E-state index in [2.05, 4.69) is 5.32 Å². The summed E-state index contributed by atoms with van der Waals surface area (Å²) in [6, 6.07) is 14.1. The third-order valence-electron chi connectivity index (χ3n) is 3.45. The van der Waals surface area contributed by atoms with Gasteiger partial charge in [0.1, 0.15) is 18.9 Å². The molecular formula is C17H19N3O6S.